The second-order valence-corrected chi connectivity index (χ2v) is 4.63. The summed E-state index contributed by atoms with van der Waals surface area (Å²) >= 11 is 0. The number of esters is 2. The number of likely N-dealkylation sites (tertiary alicyclic amines) is 1. The van der Waals surface area contributed by atoms with Gasteiger partial charge in [-0.05, 0) is 45.0 Å². The standard InChI is InChI=1S/C15H23NO5/c1-3-20-14(18)13(15(19)21-4-2)6-5-9-16-10-7-12(17)8-11-16/h5-6,9,12,17H,3-4,7-8,10-11H2,1-2H3/b9-5+. The Balaban J connectivity index is 2.68. The van der Waals surface area contributed by atoms with Crippen molar-refractivity contribution < 1.29 is 24.2 Å². The van der Waals surface area contributed by atoms with Crippen molar-refractivity contribution in [3.63, 3.8) is 0 Å². The van der Waals surface area contributed by atoms with Gasteiger partial charge in [0.2, 0.25) is 0 Å². The second kappa shape index (κ2) is 9.18. The lowest BCUT2D eigenvalue weighted by atomic mass is 10.1. The van der Waals surface area contributed by atoms with Crippen LogP contribution in [0.1, 0.15) is 26.7 Å². The number of ether oxygens (including phenoxy) is 2. The smallest absolute Gasteiger partial charge is 0.345 e. The van der Waals surface area contributed by atoms with Crippen LogP contribution in [0, 0.1) is 0 Å². The minimum Gasteiger partial charge on any atom is -0.462 e. The molecule has 0 aromatic rings. The molecular formula is C15H23NO5. The Kier molecular flexibility index (Phi) is 7.53. The van der Waals surface area contributed by atoms with Crippen molar-refractivity contribution in [2.45, 2.75) is 32.8 Å². The summed E-state index contributed by atoms with van der Waals surface area (Å²) < 4.78 is 9.68. The number of hydrogen-bond acceptors (Lipinski definition) is 6. The van der Waals surface area contributed by atoms with Crippen LogP contribution in [0.4, 0.5) is 0 Å². The largest absolute Gasteiger partial charge is 0.462 e. The summed E-state index contributed by atoms with van der Waals surface area (Å²) in [5, 5.41) is 9.42. The molecule has 0 amide bonds. The zero-order valence-electron chi connectivity index (χ0n) is 12.6. The van der Waals surface area contributed by atoms with E-state index in [0.29, 0.717) is 0 Å². The molecule has 6 nitrogen and oxygen atoms in total. The van der Waals surface area contributed by atoms with E-state index in [9.17, 15) is 14.7 Å². The molecule has 1 saturated heterocycles. The number of aliphatic hydroxyl groups excluding tert-OH is 1. The van der Waals surface area contributed by atoms with Crippen molar-refractivity contribution in [1.82, 2.24) is 4.90 Å². The summed E-state index contributed by atoms with van der Waals surface area (Å²) in [5.41, 5.74) is -0.119. The van der Waals surface area contributed by atoms with E-state index >= 15 is 0 Å². The van der Waals surface area contributed by atoms with Crippen molar-refractivity contribution >= 4 is 11.9 Å². The fourth-order valence-electron chi connectivity index (χ4n) is 1.93. The minimum atomic E-state index is -0.685. The van der Waals surface area contributed by atoms with Crippen molar-refractivity contribution in [3.8, 4) is 0 Å². The lowest BCUT2D eigenvalue weighted by Gasteiger charge is -2.28. The molecule has 0 saturated carbocycles. The molecular weight excluding hydrogens is 274 g/mol. The molecule has 0 spiro atoms. The number of aliphatic hydroxyl groups is 1. The lowest BCUT2D eigenvalue weighted by Crippen LogP contribution is -2.31. The van der Waals surface area contributed by atoms with E-state index in [-0.39, 0.29) is 24.9 Å². The maximum Gasteiger partial charge on any atom is 0.345 e. The van der Waals surface area contributed by atoms with Crippen molar-refractivity contribution in [2.24, 2.45) is 0 Å². The highest BCUT2D eigenvalue weighted by Gasteiger charge is 2.20. The number of allylic oxidation sites excluding steroid dienone is 2. The summed E-state index contributed by atoms with van der Waals surface area (Å²) in [6, 6.07) is 0. The molecule has 1 rings (SSSR count). The highest BCUT2D eigenvalue weighted by Crippen LogP contribution is 2.10. The van der Waals surface area contributed by atoms with Crippen LogP contribution in [-0.4, -0.2) is 54.4 Å². The van der Waals surface area contributed by atoms with E-state index in [1.54, 1.807) is 26.1 Å². The predicted molar refractivity (Wildman–Crippen MR) is 77.3 cm³/mol. The fourth-order valence-corrected chi connectivity index (χ4v) is 1.93. The zero-order valence-corrected chi connectivity index (χ0v) is 12.6. The topological polar surface area (TPSA) is 76.1 Å². The number of rotatable bonds is 6. The Hall–Kier alpha value is -1.82. The predicted octanol–water partition coefficient (Wildman–Crippen LogP) is 1.01. The summed E-state index contributed by atoms with van der Waals surface area (Å²) in [7, 11) is 0. The number of carbonyl (C=O) groups is 2. The first-order valence-corrected chi connectivity index (χ1v) is 7.23. The fraction of sp³-hybridized carbons (Fsp3) is 0.600. The molecule has 6 heteroatoms. The quantitative estimate of drug-likeness (QED) is 0.259. The van der Waals surface area contributed by atoms with Gasteiger partial charge >= 0.3 is 11.9 Å². The third-order valence-electron chi connectivity index (χ3n) is 3.05. The first kappa shape index (κ1) is 17.2. The maximum atomic E-state index is 11.7. The Bertz CT molecular complexity index is 388. The van der Waals surface area contributed by atoms with Crippen LogP contribution in [0.15, 0.2) is 23.9 Å². The van der Waals surface area contributed by atoms with E-state index in [0.717, 1.165) is 25.9 Å². The molecule has 0 bridgehead atoms. The molecule has 0 aliphatic carbocycles. The third kappa shape index (κ3) is 5.99. The van der Waals surface area contributed by atoms with Gasteiger partial charge in [0.1, 0.15) is 5.57 Å². The summed E-state index contributed by atoms with van der Waals surface area (Å²) in [6.45, 7) is 5.25. The van der Waals surface area contributed by atoms with Crippen LogP contribution in [0.25, 0.3) is 0 Å². The van der Waals surface area contributed by atoms with Gasteiger partial charge in [0, 0.05) is 13.1 Å². The van der Waals surface area contributed by atoms with Gasteiger partial charge in [-0.3, -0.25) is 0 Å². The van der Waals surface area contributed by atoms with Crippen LogP contribution >= 0.6 is 0 Å². The van der Waals surface area contributed by atoms with E-state index in [4.69, 9.17) is 9.47 Å². The van der Waals surface area contributed by atoms with Gasteiger partial charge in [-0.15, -0.1) is 0 Å². The third-order valence-corrected chi connectivity index (χ3v) is 3.05. The average molecular weight is 297 g/mol. The van der Waals surface area contributed by atoms with Crippen molar-refractivity contribution in [3.05, 3.63) is 23.9 Å². The highest BCUT2D eigenvalue weighted by molar-refractivity contribution is 6.14. The Morgan fingerprint density at radius 2 is 1.67 bits per heavy atom. The van der Waals surface area contributed by atoms with Gasteiger partial charge in [0.15, 0.2) is 0 Å². The van der Waals surface area contributed by atoms with E-state index in [1.807, 2.05) is 4.90 Å². The van der Waals surface area contributed by atoms with Crippen LogP contribution in [0.3, 0.4) is 0 Å². The Morgan fingerprint density at radius 3 is 2.14 bits per heavy atom. The molecule has 0 atom stereocenters. The zero-order chi connectivity index (χ0) is 15.7. The van der Waals surface area contributed by atoms with Crippen LogP contribution in [0.2, 0.25) is 0 Å². The van der Waals surface area contributed by atoms with Crippen LogP contribution < -0.4 is 0 Å². The SMILES string of the molecule is CCOC(=O)C(=C/C=C/N1CCC(O)CC1)C(=O)OCC. The van der Waals surface area contributed by atoms with Crippen LogP contribution in [0.5, 0.6) is 0 Å². The summed E-state index contributed by atoms with van der Waals surface area (Å²) in [5.74, 6) is -1.37. The monoisotopic (exact) mass is 297 g/mol. The highest BCUT2D eigenvalue weighted by atomic mass is 16.6. The molecule has 1 N–H and O–H groups in total. The van der Waals surface area contributed by atoms with Gasteiger partial charge < -0.3 is 19.5 Å². The number of hydrogen-bond donors (Lipinski definition) is 1. The van der Waals surface area contributed by atoms with E-state index < -0.39 is 11.9 Å². The summed E-state index contributed by atoms with van der Waals surface area (Å²) in [6.07, 6.45) is 6.03. The van der Waals surface area contributed by atoms with E-state index in [2.05, 4.69) is 0 Å². The lowest BCUT2D eigenvalue weighted by molar-refractivity contribution is -0.146. The molecule has 0 aromatic heterocycles. The van der Waals surface area contributed by atoms with Gasteiger partial charge in [0.25, 0.3) is 0 Å². The Morgan fingerprint density at radius 1 is 1.14 bits per heavy atom. The maximum absolute atomic E-state index is 11.7. The van der Waals surface area contributed by atoms with Crippen molar-refractivity contribution in [2.75, 3.05) is 26.3 Å². The first-order valence-electron chi connectivity index (χ1n) is 7.23. The molecule has 1 aliphatic rings. The number of piperidine rings is 1. The number of nitrogens with zero attached hydrogens (tertiary/aromatic N) is 1. The normalized spacial score (nSPS) is 15.9. The Labute approximate surface area is 125 Å². The number of carbonyl (C=O) groups excluding carboxylic acids is 2. The van der Waals surface area contributed by atoms with Gasteiger partial charge in [-0.25, -0.2) is 9.59 Å². The van der Waals surface area contributed by atoms with Crippen molar-refractivity contribution in [1.29, 1.82) is 0 Å². The molecule has 1 aliphatic heterocycles. The molecule has 21 heavy (non-hydrogen) atoms. The first-order chi connectivity index (χ1) is 10.1. The van der Waals surface area contributed by atoms with Gasteiger partial charge in [-0.1, -0.05) is 0 Å². The second-order valence-electron chi connectivity index (χ2n) is 4.63. The van der Waals surface area contributed by atoms with E-state index in [1.165, 1.54) is 6.08 Å². The molecule has 0 aromatic carbocycles. The molecule has 1 heterocycles. The summed E-state index contributed by atoms with van der Waals surface area (Å²) in [4.78, 5) is 25.5. The molecule has 1 fully saturated rings. The average Bonchev–Trinajstić information content (AvgIpc) is 2.46. The molecule has 118 valence electrons. The van der Waals surface area contributed by atoms with Crippen LogP contribution in [-0.2, 0) is 19.1 Å². The van der Waals surface area contributed by atoms with Gasteiger partial charge in [-0.2, -0.15) is 0 Å². The molecule has 0 unspecified atom stereocenters. The van der Waals surface area contributed by atoms with Gasteiger partial charge in [0.05, 0.1) is 19.3 Å². The molecule has 0 radical (unpaired) electrons. The minimum absolute atomic E-state index is 0.119.